The summed E-state index contributed by atoms with van der Waals surface area (Å²) in [5.74, 6) is -1.64. The normalized spacial score (nSPS) is 8.76. The Kier molecular flexibility index (Phi) is 22.9. The lowest BCUT2D eigenvalue weighted by Crippen LogP contribution is -2.07. The van der Waals surface area contributed by atoms with Gasteiger partial charge in [0, 0.05) is 52.1 Å². The van der Waals surface area contributed by atoms with Crippen molar-refractivity contribution in [2.75, 3.05) is 0 Å². The maximum atomic E-state index is 10.7. The van der Waals surface area contributed by atoms with Crippen LogP contribution < -0.4 is 6.15 Å². The molecule has 0 radical (unpaired) electrons. The summed E-state index contributed by atoms with van der Waals surface area (Å²) in [5, 5.41) is 14.8. The molecule has 15 heteroatoms. The summed E-state index contributed by atoms with van der Waals surface area (Å²) in [6.45, 7) is 5.88. The van der Waals surface area contributed by atoms with Gasteiger partial charge in [-0.3, -0.25) is 29.0 Å². The van der Waals surface area contributed by atoms with E-state index in [0.29, 0.717) is 11.4 Å². The highest BCUT2D eigenvalue weighted by Crippen LogP contribution is 2.15. The monoisotopic (exact) mass is 765 g/mol. The predicted octanol–water partition coefficient (Wildman–Crippen LogP) is 6.63. The van der Waals surface area contributed by atoms with Crippen LogP contribution in [-0.2, 0) is 20.9 Å². The molecule has 12 nitrogen and oxygen atoms in total. The molecular formula is C26H34Br3N5O7. The highest BCUT2D eigenvalue weighted by molar-refractivity contribution is 9.11. The second kappa shape index (κ2) is 22.3. The van der Waals surface area contributed by atoms with Crippen molar-refractivity contribution >= 4 is 83.6 Å². The number of aromatic nitrogens is 4. The number of H-pyrrole nitrogens is 1. The summed E-state index contributed by atoms with van der Waals surface area (Å²) in [5.41, 5.74) is 3.25. The zero-order valence-electron chi connectivity index (χ0n) is 22.1. The second-order valence-electron chi connectivity index (χ2n) is 7.48. The molecule has 4 aromatic heterocycles. The minimum atomic E-state index is -0.833. The van der Waals surface area contributed by atoms with Crippen molar-refractivity contribution in [2.45, 2.75) is 41.7 Å². The van der Waals surface area contributed by atoms with Gasteiger partial charge < -0.3 is 30.3 Å². The van der Waals surface area contributed by atoms with Gasteiger partial charge in [-0.1, -0.05) is 7.43 Å². The molecule has 0 atom stereocenters. The van der Waals surface area contributed by atoms with Gasteiger partial charge in [0.2, 0.25) is 0 Å². The van der Waals surface area contributed by atoms with Crippen LogP contribution in [0.4, 0.5) is 0 Å². The van der Waals surface area contributed by atoms with E-state index < -0.39 is 11.9 Å². The summed E-state index contributed by atoms with van der Waals surface area (Å²) < 4.78 is 6.46. The number of hydrogen-bond donors (Lipinski definition) is 4. The first-order valence-corrected chi connectivity index (χ1v) is 13.1. The number of aliphatic carboxylic acids is 2. The Labute approximate surface area is 263 Å². The Hall–Kier alpha value is -3.40. The van der Waals surface area contributed by atoms with Gasteiger partial charge in [-0.15, -0.1) is 0 Å². The number of rotatable bonds is 4. The van der Waals surface area contributed by atoms with Crippen LogP contribution in [0.15, 0.2) is 62.6 Å². The van der Waals surface area contributed by atoms with Crippen molar-refractivity contribution in [3.05, 3.63) is 79.7 Å². The van der Waals surface area contributed by atoms with Crippen LogP contribution in [0.5, 0.6) is 0 Å². The highest BCUT2D eigenvalue weighted by atomic mass is 79.9. The number of nitrogens with one attached hydrogen (secondary N) is 1. The average Bonchev–Trinajstić information content (AvgIpc) is 3.50. The number of aldehydes is 2. The van der Waals surface area contributed by atoms with Gasteiger partial charge in [0.25, 0.3) is 11.9 Å². The first-order valence-electron chi connectivity index (χ1n) is 10.8. The molecule has 4 aromatic rings. The molecule has 0 spiro atoms. The van der Waals surface area contributed by atoms with E-state index >= 15 is 0 Å². The zero-order chi connectivity index (χ0) is 30.1. The number of nitrogens with zero attached hydrogens (tertiary/aromatic N) is 3. The molecule has 0 aliphatic heterocycles. The van der Waals surface area contributed by atoms with Crippen molar-refractivity contribution in [3.8, 4) is 0 Å². The molecule has 4 heterocycles. The molecule has 0 amide bonds. The molecule has 0 aliphatic rings. The number of carbonyl (C=O) groups is 5. The van der Waals surface area contributed by atoms with Crippen molar-refractivity contribution in [1.29, 1.82) is 0 Å². The largest absolute Gasteiger partial charge is 0.481 e. The molecule has 0 bridgehead atoms. The molecule has 0 aromatic carbocycles. The van der Waals surface area contributed by atoms with Crippen LogP contribution in [0.1, 0.15) is 54.9 Å². The third-order valence-electron chi connectivity index (χ3n) is 3.78. The predicted molar refractivity (Wildman–Crippen MR) is 168 cm³/mol. The van der Waals surface area contributed by atoms with E-state index in [1.807, 2.05) is 36.0 Å². The van der Waals surface area contributed by atoms with E-state index in [-0.39, 0.29) is 25.9 Å². The molecule has 6 N–H and O–H groups in total. The highest BCUT2D eigenvalue weighted by Gasteiger charge is 2.04. The van der Waals surface area contributed by atoms with Crippen LogP contribution in [0, 0.1) is 6.92 Å². The summed E-state index contributed by atoms with van der Waals surface area (Å²) in [4.78, 5) is 56.1. The standard InChI is InChI=1S/C8H7BrN2.C8H8BrNO2.C5H4BrNO.2C2H4O2.CH4.H3N/c1-6-4-11-5-7(9)2-8(11)3-10-6;1-6(12)3-10-4-7(9)2-8(10)5-11;6-4-1-5(3-8)7-2-4;2*1-2(3)4;;/h2-5H,1H3;2,4-5H,3H2,1H3;1-3,7H;2*1H3,(H,3,4);1H4;1H3. The first kappa shape index (κ1) is 42.1. The van der Waals surface area contributed by atoms with Gasteiger partial charge in [0.15, 0.2) is 12.6 Å². The molecule has 0 unspecified atom stereocenters. The molecule has 4 rings (SSSR count). The molecule has 0 saturated carbocycles. The Morgan fingerprint density at radius 1 is 0.902 bits per heavy atom. The van der Waals surface area contributed by atoms with E-state index in [4.69, 9.17) is 19.8 Å². The summed E-state index contributed by atoms with van der Waals surface area (Å²) in [6, 6.07) is 5.43. The van der Waals surface area contributed by atoms with Gasteiger partial charge in [0.1, 0.15) is 5.78 Å². The Bertz CT molecular complexity index is 1380. The smallest absolute Gasteiger partial charge is 0.300 e. The molecule has 0 fully saturated rings. The number of ketones is 1. The number of hydrogen-bond acceptors (Lipinski definition) is 7. The Morgan fingerprint density at radius 3 is 1.85 bits per heavy atom. The van der Waals surface area contributed by atoms with Crippen LogP contribution in [-0.4, -0.2) is 59.4 Å². The van der Waals surface area contributed by atoms with Gasteiger partial charge in [-0.2, -0.15) is 0 Å². The number of carboxylic acids is 2. The third-order valence-corrected chi connectivity index (χ3v) is 5.11. The fraction of sp³-hybridized carbons (Fsp3) is 0.231. The Morgan fingerprint density at radius 2 is 1.44 bits per heavy atom. The lowest BCUT2D eigenvalue weighted by Gasteiger charge is -1.99. The number of Topliss-reactive ketones (excluding diaryl/α,β-unsaturated/α-hetero) is 1. The van der Waals surface area contributed by atoms with Crippen LogP contribution in [0.25, 0.3) is 5.52 Å². The van der Waals surface area contributed by atoms with Gasteiger partial charge >= 0.3 is 0 Å². The van der Waals surface area contributed by atoms with E-state index in [9.17, 15) is 14.4 Å². The minimum absolute atomic E-state index is 0. The van der Waals surface area contributed by atoms with Crippen molar-refractivity contribution in [2.24, 2.45) is 0 Å². The quantitative estimate of drug-likeness (QED) is 0.165. The SMILES string of the molecule is C.CC(=O)Cn1cc(Br)cc1C=O.CC(=O)O.CC(=O)O.Cc1cn2cc(Br)cc2cn1.N.O=Cc1cc(Br)c[nH]1. The van der Waals surface area contributed by atoms with Crippen molar-refractivity contribution < 1.29 is 34.2 Å². The molecule has 0 saturated heterocycles. The van der Waals surface area contributed by atoms with E-state index in [1.165, 1.54) is 6.92 Å². The summed E-state index contributed by atoms with van der Waals surface area (Å²) in [6.07, 6.45) is 10.8. The number of carbonyl (C=O) groups excluding carboxylic acids is 3. The minimum Gasteiger partial charge on any atom is -0.481 e. The zero-order valence-corrected chi connectivity index (χ0v) is 26.9. The summed E-state index contributed by atoms with van der Waals surface area (Å²) in [7, 11) is 0. The second-order valence-corrected chi connectivity index (χ2v) is 10.2. The van der Waals surface area contributed by atoms with Crippen LogP contribution in [0.3, 0.4) is 0 Å². The maximum absolute atomic E-state index is 10.7. The number of halogens is 3. The van der Waals surface area contributed by atoms with Gasteiger partial charge in [0.05, 0.1) is 35.3 Å². The van der Waals surface area contributed by atoms with E-state index in [2.05, 4.69) is 57.8 Å². The Balaban J connectivity index is -0.000000463. The average molecular weight is 768 g/mol. The first-order chi connectivity index (χ1) is 18.2. The molecule has 41 heavy (non-hydrogen) atoms. The van der Waals surface area contributed by atoms with E-state index in [1.54, 1.807) is 29.1 Å². The maximum Gasteiger partial charge on any atom is 0.300 e. The number of aryl methyl sites for hydroxylation is 1. The number of fused-ring (bicyclic) bond motifs is 1. The van der Waals surface area contributed by atoms with Crippen molar-refractivity contribution in [3.63, 3.8) is 0 Å². The van der Waals surface area contributed by atoms with Gasteiger partial charge in [-0.05, 0) is 79.8 Å². The van der Waals surface area contributed by atoms with Crippen molar-refractivity contribution in [1.82, 2.24) is 25.1 Å². The van der Waals surface area contributed by atoms with Gasteiger partial charge in [-0.25, -0.2) is 0 Å². The molecule has 226 valence electrons. The van der Waals surface area contributed by atoms with Crippen LogP contribution in [0.2, 0.25) is 0 Å². The molecule has 0 aliphatic carbocycles. The number of aromatic amines is 1. The lowest BCUT2D eigenvalue weighted by atomic mass is 10.4. The topological polar surface area (TPSA) is 199 Å². The fourth-order valence-electron chi connectivity index (χ4n) is 2.49. The number of carboxylic acid groups (broad SMARTS) is 2. The fourth-order valence-corrected chi connectivity index (χ4v) is 3.79. The molecular weight excluding hydrogens is 734 g/mol. The lowest BCUT2D eigenvalue weighted by molar-refractivity contribution is -0.135. The van der Waals surface area contributed by atoms with Crippen LogP contribution >= 0.6 is 47.8 Å². The van der Waals surface area contributed by atoms with E-state index in [0.717, 1.165) is 51.0 Å². The summed E-state index contributed by atoms with van der Waals surface area (Å²) >= 11 is 9.81. The third kappa shape index (κ3) is 20.2.